The van der Waals surface area contributed by atoms with Gasteiger partial charge >= 0.3 is 0 Å². The number of primary amides is 1. The van der Waals surface area contributed by atoms with Crippen LogP contribution in [0.1, 0.15) is 23.2 Å². The lowest BCUT2D eigenvalue weighted by Gasteiger charge is -2.33. The van der Waals surface area contributed by atoms with Crippen molar-refractivity contribution in [3.63, 3.8) is 0 Å². The Kier molecular flexibility index (Phi) is 6.60. The topological polar surface area (TPSA) is 139 Å². The van der Waals surface area contributed by atoms with Crippen molar-refractivity contribution in [3.05, 3.63) is 40.1 Å². The number of hydrogen-bond donors (Lipinski definition) is 4. The second-order valence-corrected chi connectivity index (χ2v) is 7.55. The summed E-state index contributed by atoms with van der Waals surface area (Å²) in [7, 11) is 0. The Morgan fingerprint density at radius 1 is 1.21 bits per heavy atom. The Bertz CT molecular complexity index is 905. The summed E-state index contributed by atoms with van der Waals surface area (Å²) in [5.74, 6) is -0.484. The van der Waals surface area contributed by atoms with Crippen LogP contribution in [0.4, 0.5) is 17.3 Å². The molecule has 0 bridgehead atoms. The number of anilines is 3. The first kappa shape index (κ1) is 20.9. The first-order valence-electron chi connectivity index (χ1n) is 8.98. The SMILES string of the molecule is NC(=O)c1c(N)ncnc1NC1CCCN(C(=O)CNc2cc(Cl)cc(Cl)c2)C1. The van der Waals surface area contributed by atoms with Crippen molar-refractivity contribution < 1.29 is 9.59 Å². The molecule has 2 aromatic rings. The minimum absolute atomic E-state index is 0.0168. The number of hydrogen-bond acceptors (Lipinski definition) is 7. The van der Waals surface area contributed by atoms with Crippen molar-refractivity contribution in [2.45, 2.75) is 18.9 Å². The van der Waals surface area contributed by atoms with Gasteiger partial charge in [-0.25, -0.2) is 9.97 Å². The van der Waals surface area contributed by atoms with Crippen molar-refractivity contribution >= 4 is 52.3 Å². The van der Waals surface area contributed by atoms with Crippen molar-refractivity contribution in [1.82, 2.24) is 14.9 Å². The zero-order valence-corrected chi connectivity index (χ0v) is 17.0. The predicted molar refractivity (Wildman–Crippen MR) is 113 cm³/mol. The Morgan fingerprint density at radius 3 is 2.62 bits per heavy atom. The second-order valence-electron chi connectivity index (χ2n) is 6.68. The summed E-state index contributed by atoms with van der Waals surface area (Å²) in [5, 5.41) is 7.18. The second kappa shape index (κ2) is 9.15. The van der Waals surface area contributed by atoms with E-state index in [1.54, 1.807) is 23.1 Å². The molecular formula is C18H21Cl2N7O2. The number of rotatable bonds is 6. The number of piperidine rings is 1. The summed E-state index contributed by atoms with van der Waals surface area (Å²) in [6.45, 7) is 1.21. The lowest BCUT2D eigenvalue weighted by Crippen LogP contribution is -2.47. The average Bonchev–Trinajstić information content (AvgIpc) is 2.65. The zero-order chi connectivity index (χ0) is 21.0. The molecule has 1 fully saturated rings. The minimum Gasteiger partial charge on any atom is -0.383 e. The maximum absolute atomic E-state index is 12.6. The highest BCUT2D eigenvalue weighted by Crippen LogP contribution is 2.23. The molecule has 6 N–H and O–H groups in total. The molecule has 2 heterocycles. The maximum atomic E-state index is 12.6. The highest BCUT2D eigenvalue weighted by atomic mass is 35.5. The molecule has 3 rings (SSSR count). The molecule has 0 aliphatic carbocycles. The van der Waals surface area contributed by atoms with Crippen LogP contribution in [0.3, 0.4) is 0 Å². The molecular weight excluding hydrogens is 417 g/mol. The molecule has 9 nitrogen and oxygen atoms in total. The Hall–Kier alpha value is -2.78. The molecule has 0 saturated carbocycles. The van der Waals surface area contributed by atoms with Gasteiger partial charge in [0.1, 0.15) is 23.5 Å². The number of carbonyl (C=O) groups excluding carboxylic acids is 2. The normalized spacial score (nSPS) is 16.3. The summed E-state index contributed by atoms with van der Waals surface area (Å²) in [6, 6.07) is 4.93. The monoisotopic (exact) mass is 437 g/mol. The number of nitrogens with one attached hydrogen (secondary N) is 2. The third-order valence-electron chi connectivity index (χ3n) is 4.54. The molecule has 11 heteroatoms. The number of carbonyl (C=O) groups is 2. The number of halogens is 2. The van der Waals surface area contributed by atoms with Gasteiger partial charge in [0.2, 0.25) is 5.91 Å². The van der Waals surface area contributed by atoms with Crippen LogP contribution in [-0.2, 0) is 4.79 Å². The third kappa shape index (κ3) is 5.39. The van der Waals surface area contributed by atoms with Gasteiger partial charge in [0.15, 0.2) is 0 Å². The summed E-state index contributed by atoms with van der Waals surface area (Å²) in [4.78, 5) is 33.9. The zero-order valence-electron chi connectivity index (χ0n) is 15.5. The highest BCUT2D eigenvalue weighted by molar-refractivity contribution is 6.35. The lowest BCUT2D eigenvalue weighted by atomic mass is 10.1. The van der Waals surface area contributed by atoms with E-state index in [2.05, 4.69) is 20.6 Å². The molecule has 1 saturated heterocycles. The van der Waals surface area contributed by atoms with Crippen molar-refractivity contribution in [2.24, 2.45) is 5.73 Å². The van der Waals surface area contributed by atoms with E-state index in [1.807, 2.05) is 0 Å². The van der Waals surface area contributed by atoms with Crippen LogP contribution >= 0.6 is 23.2 Å². The number of likely N-dealkylation sites (tertiary alicyclic amines) is 1. The van der Waals surface area contributed by atoms with Crippen LogP contribution in [0.25, 0.3) is 0 Å². The Balaban J connectivity index is 1.61. The summed E-state index contributed by atoms with van der Waals surface area (Å²) >= 11 is 12.0. The summed E-state index contributed by atoms with van der Waals surface area (Å²) in [6.07, 6.45) is 2.87. The van der Waals surface area contributed by atoms with Crippen LogP contribution in [0.5, 0.6) is 0 Å². The largest absolute Gasteiger partial charge is 0.383 e. The fourth-order valence-corrected chi connectivity index (χ4v) is 3.74. The van der Waals surface area contributed by atoms with E-state index in [0.717, 1.165) is 12.8 Å². The maximum Gasteiger partial charge on any atom is 0.256 e. The van der Waals surface area contributed by atoms with Crippen LogP contribution in [0.15, 0.2) is 24.5 Å². The van der Waals surface area contributed by atoms with Gasteiger partial charge in [-0.3, -0.25) is 9.59 Å². The number of nitrogens with two attached hydrogens (primary N) is 2. The quantitative estimate of drug-likeness (QED) is 0.541. The molecule has 29 heavy (non-hydrogen) atoms. The fraction of sp³-hybridized carbons (Fsp3) is 0.333. The van der Waals surface area contributed by atoms with Gasteiger partial charge < -0.3 is 27.0 Å². The molecule has 1 aliphatic heterocycles. The van der Waals surface area contributed by atoms with Crippen molar-refractivity contribution in [3.8, 4) is 0 Å². The Labute approximate surface area is 177 Å². The van der Waals surface area contributed by atoms with Gasteiger partial charge in [-0.05, 0) is 31.0 Å². The van der Waals surface area contributed by atoms with Crippen LogP contribution in [0, 0.1) is 0 Å². The summed E-state index contributed by atoms with van der Waals surface area (Å²) in [5.41, 5.74) is 11.8. The molecule has 1 aliphatic rings. The van der Waals surface area contributed by atoms with Gasteiger partial charge in [-0.1, -0.05) is 23.2 Å². The highest BCUT2D eigenvalue weighted by Gasteiger charge is 2.25. The number of nitrogen functional groups attached to an aromatic ring is 1. The van der Waals surface area contributed by atoms with Gasteiger partial charge in [0, 0.05) is 34.9 Å². The van der Waals surface area contributed by atoms with Crippen LogP contribution < -0.4 is 22.1 Å². The third-order valence-corrected chi connectivity index (χ3v) is 4.98. The van der Waals surface area contributed by atoms with Crippen LogP contribution in [0.2, 0.25) is 10.0 Å². The van der Waals surface area contributed by atoms with Crippen molar-refractivity contribution in [1.29, 1.82) is 0 Å². The van der Waals surface area contributed by atoms with Gasteiger partial charge in [-0.2, -0.15) is 0 Å². The summed E-state index contributed by atoms with van der Waals surface area (Å²) < 4.78 is 0. The molecule has 1 aromatic carbocycles. The molecule has 154 valence electrons. The molecule has 2 amide bonds. The lowest BCUT2D eigenvalue weighted by molar-refractivity contribution is -0.130. The molecule has 1 unspecified atom stereocenters. The average molecular weight is 438 g/mol. The van der Waals surface area contributed by atoms with E-state index < -0.39 is 5.91 Å². The van der Waals surface area contributed by atoms with E-state index in [4.69, 9.17) is 34.7 Å². The molecule has 1 aromatic heterocycles. The molecule has 0 spiro atoms. The van der Waals surface area contributed by atoms with E-state index in [9.17, 15) is 9.59 Å². The van der Waals surface area contributed by atoms with Gasteiger partial charge in [0.25, 0.3) is 5.91 Å². The number of amides is 2. The fourth-order valence-electron chi connectivity index (χ4n) is 3.21. The van der Waals surface area contributed by atoms with Gasteiger partial charge in [-0.15, -0.1) is 0 Å². The molecule has 0 radical (unpaired) electrons. The van der Waals surface area contributed by atoms with Crippen LogP contribution in [-0.4, -0.2) is 52.4 Å². The first-order valence-corrected chi connectivity index (χ1v) is 9.73. The standard InChI is InChI=1S/C18H21Cl2N7O2/c19-10-4-11(20)6-13(5-10)23-7-14(28)27-3-1-2-12(8-27)26-18-15(17(22)29)16(21)24-9-25-18/h4-6,9,12,23H,1-3,7-8H2,(H2,22,29)(H3,21,24,25,26). The van der Waals surface area contributed by atoms with E-state index in [1.165, 1.54) is 6.33 Å². The first-order chi connectivity index (χ1) is 13.8. The smallest absolute Gasteiger partial charge is 0.256 e. The van der Waals surface area contributed by atoms with E-state index in [-0.39, 0.29) is 35.7 Å². The number of aromatic nitrogens is 2. The minimum atomic E-state index is -0.710. The van der Waals surface area contributed by atoms with Crippen molar-refractivity contribution in [2.75, 3.05) is 36.0 Å². The van der Waals surface area contributed by atoms with E-state index >= 15 is 0 Å². The number of nitrogens with zero attached hydrogens (tertiary/aromatic N) is 3. The molecule has 1 atom stereocenters. The van der Waals surface area contributed by atoms with Gasteiger partial charge in [0.05, 0.1) is 6.54 Å². The number of benzene rings is 1. The Morgan fingerprint density at radius 2 is 1.93 bits per heavy atom. The van der Waals surface area contributed by atoms with E-state index in [0.29, 0.717) is 28.8 Å². The predicted octanol–water partition coefficient (Wildman–Crippen LogP) is 1.98.